The van der Waals surface area contributed by atoms with Gasteiger partial charge >= 0.3 is 6.18 Å². The Morgan fingerprint density at radius 3 is 2.38 bits per heavy atom. The molecule has 8 heteroatoms. The molecule has 3 aromatic rings. The van der Waals surface area contributed by atoms with Gasteiger partial charge in [0.25, 0.3) is 5.78 Å². The predicted molar refractivity (Wildman–Crippen MR) is 103 cm³/mol. The van der Waals surface area contributed by atoms with Crippen LogP contribution in [0.25, 0.3) is 10.9 Å². The number of methoxy groups -OCH3 is 1. The van der Waals surface area contributed by atoms with E-state index in [1.807, 2.05) is 6.92 Å². The number of nitrogens with one attached hydrogen (secondary N) is 1. The number of alkyl halides is 3. The number of carbonyl (C=O) groups excluding carboxylic acids is 2. The maximum absolute atomic E-state index is 13.0. The number of hydrogen-bond donors (Lipinski definition) is 1. The van der Waals surface area contributed by atoms with Gasteiger partial charge < -0.3 is 14.6 Å². The average molecular weight is 404 g/mol. The van der Waals surface area contributed by atoms with Crippen LogP contribution in [0.1, 0.15) is 22.8 Å². The van der Waals surface area contributed by atoms with Crippen LogP contribution in [0.3, 0.4) is 0 Å². The number of carbonyl (C=O) groups is 2. The second-order valence-corrected chi connectivity index (χ2v) is 6.44. The van der Waals surface area contributed by atoms with E-state index in [-0.39, 0.29) is 11.9 Å². The van der Waals surface area contributed by atoms with Gasteiger partial charge in [0.05, 0.1) is 18.2 Å². The Morgan fingerprint density at radius 2 is 1.79 bits per heavy atom. The van der Waals surface area contributed by atoms with Gasteiger partial charge in [0.2, 0.25) is 5.91 Å². The minimum atomic E-state index is -4.99. The predicted octanol–water partition coefficient (Wildman–Crippen LogP) is 4.60. The molecule has 1 N–H and O–H groups in total. The molecule has 0 saturated carbocycles. The van der Waals surface area contributed by atoms with Crippen molar-refractivity contribution in [2.75, 3.05) is 12.4 Å². The van der Waals surface area contributed by atoms with Crippen molar-refractivity contribution in [3.05, 3.63) is 59.8 Å². The van der Waals surface area contributed by atoms with Crippen molar-refractivity contribution in [1.82, 2.24) is 4.57 Å². The van der Waals surface area contributed by atoms with E-state index in [9.17, 15) is 22.8 Å². The molecule has 0 spiro atoms. The SMILES string of the molecule is CCc1cccc2c(C(=O)C(F)(F)F)cn(CC(=O)Nc3ccc(OC)cc3)c12. The highest BCUT2D eigenvalue weighted by atomic mass is 19.4. The monoisotopic (exact) mass is 404 g/mol. The molecule has 1 aromatic heterocycles. The molecule has 0 aliphatic rings. The number of Topliss-reactive ketones (excluding diaryl/α,β-unsaturated/α-hetero) is 1. The van der Waals surface area contributed by atoms with E-state index < -0.39 is 23.4 Å². The lowest BCUT2D eigenvalue weighted by atomic mass is 10.0. The third-order valence-electron chi connectivity index (χ3n) is 4.55. The lowest BCUT2D eigenvalue weighted by Crippen LogP contribution is -2.22. The van der Waals surface area contributed by atoms with Crippen molar-refractivity contribution in [1.29, 1.82) is 0 Å². The summed E-state index contributed by atoms with van der Waals surface area (Å²) in [5.41, 5.74) is 1.27. The number of hydrogen-bond acceptors (Lipinski definition) is 3. The third-order valence-corrected chi connectivity index (χ3v) is 4.55. The Morgan fingerprint density at radius 1 is 1.10 bits per heavy atom. The minimum absolute atomic E-state index is 0.184. The Labute approximate surface area is 165 Å². The zero-order valence-corrected chi connectivity index (χ0v) is 15.8. The molecule has 1 heterocycles. The van der Waals surface area contributed by atoms with E-state index in [2.05, 4.69) is 5.32 Å². The normalized spacial score (nSPS) is 11.5. The standard InChI is InChI=1S/C21H19F3N2O3/c1-3-13-5-4-6-16-17(20(28)21(22,23)24)11-26(19(13)16)12-18(27)25-14-7-9-15(29-2)10-8-14/h4-11H,3,12H2,1-2H3,(H,25,27). The summed E-state index contributed by atoms with van der Waals surface area (Å²) in [6, 6.07) is 11.5. The van der Waals surface area contributed by atoms with Gasteiger partial charge in [-0.3, -0.25) is 9.59 Å². The van der Waals surface area contributed by atoms with E-state index >= 15 is 0 Å². The number of para-hydroxylation sites is 1. The quantitative estimate of drug-likeness (QED) is 0.611. The number of ketones is 1. The fourth-order valence-electron chi connectivity index (χ4n) is 3.21. The molecule has 0 aliphatic heterocycles. The zero-order valence-electron chi connectivity index (χ0n) is 15.8. The van der Waals surface area contributed by atoms with Crippen LogP contribution in [0.5, 0.6) is 5.75 Å². The number of nitrogens with zero attached hydrogens (tertiary/aromatic N) is 1. The van der Waals surface area contributed by atoms with Crippen LogP contribution in [-0.2, 0) is 17.8 Å². The van der Waals surface area contributed by atoms with Crippen LogP contribution in [0, 0.1) is 0 Å². The number of rotatable bonds is 6. The molecule has 3 rings (SSSR count). The summed E-state index contributed by atoms with van der Waals surface area (Å²) in [7, 11) is 1.52. The largest absolute Gasteiger partial charge is 0.497 e. The molecular formula is C21H19F3N2O3. The van der Waals surface area contributed by atoms with Crippen molar-refractivity contribution >= 4 is 28.3 Å². The van der Waals surface area contributed by atoms with Gasteiger partial charge in [0, 0.05) is 17.3 Å². The van der Waals surface area contributed by atoms with E-state index in [0.29, 0.717) is 23.4 Å². The van der Waals surface area contributed by atoms with Crippen molar-refractivity contribution in [2.45, 2.75) is 26.1 Å². The first-order valence-electron chi connectivity index (χ1n) is 8.90. The molecule has 152 valence electrons. The van der Waals surface area contributed by atoms with Crippen LogP contribution in [0.15, 0.2) is 48.7 Å². The second kappa shape index (κ2) is 7.98. The molecule has 0 unspecified atom stereocenters. The first-order valence-corrected chi connectivity index (χ1v) is 8.90. The molecule has 0 aliphatic carbocycles. The number of anilines is 1. The summed E-state index contributed by atoms with van der Waals surface area (Å²) in [6.07, 6.45) is -3.35. The number of aromatic nitrogens is 1. The number of fused-ring (bicyclic) bond motifs is 1. The Hall–Kier alpha value is -3.29. The highest BCUT2D eigenvalue weighted by molar-refractivity contribution is 6.11. The van der Waals surface area contributed by atoms with Gasteiger partial charge in [0.1, 0.15) is 12.3 Å². The van der Waals surface area contributed by atoms with Gasteiger partial charge in [-0.1, -0.05) is 25.1 Å². The van der Waals surface area contributed by atoms with Gasteiger partial charge in [-0.25, -0.2) is 0 Å². The van der Waals surface area contributed by atoms with Crippen molar-refractivity contribution in [3.8, 4) is 5.75 Å². The molecule has 0 bridgehead atoms. The first kappa shape index (κ1) is 20.4. The lowest BCUT2D eigenvalue weighted by Gasteiger charge is -2.10. The number of amides is 1. The lowest BCUT2D eigenvalue weighted by molar-refractivity contribution is -0.116. The van der Waals surface area contributed by atoms with E-state index in [0.717, 1.165) is 11.8 Å². The smallest absolute Gasteiger partial charge is 0.454 e. The maximum atomic E-state index is 13.0. The molecule has 0 saturated heterocycles. The highest BCUT2D eigenvalue weighted by Crippen LogP contribution is 2.30. The van der Waals surface area contributed by atoms with Crippen molar-refractivity contribution in [3.63, 3.8) is 0 Å². The van der Waals surface area contributed by atoms with Gasteiger partial charge in [0.15, 0.2) is 0 Å². The van der Waals surface area contributed by atoms with E-state index in [1.54, 1.807) is 36.4 Å². The van der Waals surface area contributed by atoms with Crippen molar-refractivity contribution < 1.29 is 27.5 Å². The molecular weight excluding hydrogens is 385 g/mol. The summed E-state index contributed by atoms with van der Waals surface area (Å²) in [4.78, 5) is 24.4. The van der Waals surface area contributed by atoms with Crippen molar-refractivity contribution in [2.24, 2.45) is 0 Å². The fraction of sp³-hybridized carbons (Fsp3) is 0.238. The molecule has 5 nitrogen and oxygen atoms in total. The minimum Gasteiger partial charge on any atom is -0.497 e. The summed E-state index contributed by atoms with van der Waals surface area (Å²) in [5, 5.41) is 2.87. The molecule has 29 heavy (non-hydrogen) atoms. The summed E-state index contributed by atoms with van der Waals surface area (Å²) in [6.45, 7) is 1.62. The van der Waals surface area contributed by atoms with E-state index in [1.165, 1.54) is 17.7 Å². The zero-order chi connectivity index (χ0) is 21.2. The molecule has 2 aromatic carbocycles. The maximum Gasteiger partial charge on any atom is 0.454 e. The first-order chi connectivity index (χ1) is 13.7. The fourth-order valence-corrected chi connectivity index (χ4v) is 3.21. The van der Waals surface area contributed by atoms with Gasteiger partial charge in [-0.05, 0) is 36.2 Å². The number of ether oxygens (including phenoxy) is 1. The summed E-state index contributed by atoms with van der Waals surface area (Å²) in [5.74, 6) is -1.73. The Balaban J connectivity index is 1.95. The molecule has 0 fully saturated rings. The molecule has 1 amide bonds. The van der Waals surface area contributed by atoms with Crippen LogP contribution >= 0.6 is 0 Å². The van der Waals surface area contributed by atoms with Gasteiger partial charge in [-0.15, -0.1) is 0 Å². The van der Waals surface area contributed by atoms with Gasteiger partial charge in [-0.2, -0.15) is 13.2 Å². The number of benzene rings is 2. The topological polar surface area (TPSA) is 60.3 Å². The molecule has 0 radical (unpaired) electrons. The Bertz CT molecular complexity index is 1050. The Kier molecular flexibility index (Phi) is 5.63. The number of aryl methyl sites for hydroxylation is 1. The van der Waals surface area contributed by atoms with Crippen LogP contribution in [0.4, 0.5) is 18.9 Å². The van der Waals surface area contributed by atoms with Crippen LogP contribution in [0.2, 0.25) is 0 Å². The molecule has 0 atom stereocenters. The van der Waals surface area contributed by atoms with Crippen LogP contribution in [-0.4, -0.2) is 29.5 Å². The summed E-state index contributed by atoms with van der Waals surface area (Å²) < 4.78 is 45.5. The van der Waals surface area contributed by atoms with E-state index in [4.69, 9.17) is 4.74 Å². The number of halogens is 3. The highest BCUT2D eigenvalue weighted by Gasteiger charge is 2.41. The average Bonchev–Trinajstić information content (AvgIpc) is 3.05. The summed E-state index contributed by atoms with van der Waals surface area (Å²) >= 11 is 0. The second-order valence-electron chi connectivity index (χ2n) is 6.44. The third kappa shape index (κ3) is 4.26. The van der Waals surface area contributed by atoms with Crippen LogP contribution < -0.4 is 10.1 Å².